The molecule has 3 aromatic carbocycles. The van der Waals surface area contributed by atoms with E-state index in [0.717, 1.165) is 22.6 Å². The van der Waals surface area contributed by atoms with Gasteiger partial charge in [0.15, 0.2) is 15.6 Å². The zero-order chi connectivity index (χ0) is 19.1. The molecule has 2 nitrogen and oxygen atoms in total. The molecule has 0 heterocycles. The van der Waals surface area contributed by atoms with Gasteiger partial charge in [-0.1, -0.05) is 55.8 Å². The van der Waals surface area contributed by atoms with Crippen LogP contribution in [0.1, 0.15) is 30.1 Å². The van der Waals surface area contributed by atoms with Crippen molar-refractivity contribution in [1.82, 2.24) is 0 Å². The number of ether oxygens (including phenoxy) is 1. The summed E-state index contributed by atoms with van der Waals surface area (Å²) in [7, 11) is -0.643. The third-order valence-electron chi connectivity index (χ3n) is 4.09. The van der Waals surface area contributed by atoms with Crippen LogP contribution >= 0.6 is 0 Å². The molecule has 0 aliphatic heterocycles. The van der Waals surface area contributed by atoms with Crippen molar-refractivity contribution in [1.29, 1.82) is 0 Å². The highest BCUT2D eigenvalue weighted by Crippen LogP contribution is 2.33. The molecule has 0 aromatic heterocycles. The Morgan fingerprint density at radius 2 is 1.48 bits per heavy atom. The van der Waals surface area contributed by atoms with Gasteiger partial charge in [0.25, 0.3) is 0 Å². The van der Waals surface area contributed by atoms with E-state index in [1.165, 1.54) is 6.07 Å². The molecule has 0 fully saturated rings. The molecule has 4 heteroatoms. The predicted molar refractivity (Wildman–Crippen MR) is 107 cm³/mol. The molecule has 3 rings (SSSR count). The zero-order valence-corrected chi connectivity index (χ0v) is 16.0. The number of halogens is 1. The number of benzene rings is 3. The van der Waals surface area contributed by atoms with E-state index in [0.29, 0.717) is 11.5 Å². The summed E-state index contributed by atoms with van der Waals surface area (Å²) in [6.07, 6.45) is 1.69. The van der Waals surface area contributed by atoms with E-state index < -0.39 is 22.7 Å². The highest BCUT2D eigenvalue weighted by Gasteiger charge is 2.33. The average Bonchev–Trinajstić information content (AvgIpc) is 2.71. The van der Waals surface area contributed by atoms with Crippen molar-refractivity contribution in [3.8, 4) is 0 Å². The number of esters is 1. The SMILES string of the molecule is CCCCOC(=O)c1cccc([S+](c2ccccc2)c2ccccc2)c1F. The van der Waals surface area contributed by atoms with E-state index in [9.17, 15) is 4.79 Å². The van der Waals surface area contributed by atoms with Gasteiger partial charge >= 0.3 is 5.97 Å². The predicted octanol–water partition coefficient (Wildman–Crippen LogP) is 5.88. The van der Waals surface area contributed by atoms with Gasteiger partial charge in [-0.3, -0.25) is 0 Å². The number of unbranched alkanes of at least 4 members (excludes halogenated alkanes) is 1. The number of hydrogen-bond donors (Lipinski definition) is 0. The molecule has 0 aliphatic rings. The number of carbonyl (C=O) groups excluding carboxylic acids is 1. The fourth-order valence-corrected chi connectivity index (χ4v) is 4.86. The minimum Gasteiger partial charge on any atom is -0.462 e. The third-order valence-corrected chi connectivity index (χ3v) is 6.33. The molecule has 3 aromatic rings. The van der Waals surface area contributed by atoms with E-state index >= 15 is 4.39 Å². The summed E-state index contributed by atoms with van der Waals surface area (Å²) in [5.74, 6) is -1.11. The molecule has 0 amide bonds. The molecule has 0 spiro atoms. The maximum Gasteiger partial charge on any atom is 0.341 e. The standard InChI is InChI=1S/C23H22FO2S/c1-2-3-17-26-23(25)20-15-10-16-21(22(20)24)27(18-11-6-4-7-12-18)19-13-8-5-9-14-19/h4-16H,2-3,17H2,1H3/q+1. The van der Waals surface area contributed by atoms with E-state index in [4.69, 9.17) is 4.74 Å². The van der Waals surface area contributed by atoms with E-state index in [1.54, 1.807) is 12.1 Å². The zero-order valence-electron chi connectivity index (χ0n) is 15.2. The lowest BCUT2D eigenvalue weighted by atomic mass is 10.2. The Labute approximate surface area is 162 Å². The van der Waals surface area contributed by atoms with Crippen LogP contribution in [0.3, 0.4) is 0 Å². The molecule has 0 radical (unpaired) electrons. The van der Waals surface area contributed by atoms with Crippen molar-refractivity contribution in [2.75, 3.05) is 6.61 Å². The highest BCUT2D eigenvalue weighted by molar-refractivity contribution is 7.97. The topological polar surface area (TPSA) is 26.3 Å². The summed E-state index contributed by atoms with van der Waals surface area (Å²) in [6.45, 7) is 2.32. The summed E-state index contributed by atoms with van der Waals surface area (Å²) >= 11 is 0. The summed E-state index contributed by atoms with van der Waals surface area (Å²) in [4.78, 5) is 14.8. The van der Waals surface area contributed by atoms with Crippen LogP contribution in [0.25, 0.3) is 0 Å². The quantitative estimate of drug-likeness (QED) is 0.290. The second-order valence-corrected chi connectivity index (χ2v) is 8.03. The van der Waals surface area contributed by atoms with Crippen molar-refractivity contribution in [2.24, 2.45) is 0 Å². The van der Waals surface area contributed by atoms with Crippen LogP contribution in [0.2, 0.25) is 0 Å². The first-order valence-corrected chi connectivity index (χ1v) is 10.2. The Kier molecular flexibility index (Phi) is 6.66. The monoisotopic (exact) mass is 381 g/mol. The summed E-state index contributed by atoms with van der Waals surface area (Å²) in [5, 5.41) is 0. The molecule has 138 valence electrons. The molecule has 0 atom stereocenters. The van der Waals surface area contributed by atoms with Gasteiger partial charge in [-0.25, -0.2) is 9.18 Å². The molecular formula is C23H22FO2S+. The lowest BCUT2D eigenvalue weighted by molar-refractivity contribution is 0.0493. The summed E-state index contributed by atoms with van der Waals surface area (Å²) < 4.78 is 20.6. The molecule has 0 N–H and O–H groups in total. The minimum absolute atomic E-state index is 0.00651. The van der Waals surface area contributed by atoms with Gasteiger partial charge in [0.05, 0.1) is 6.61 Å². The van der Waals surface area contributed by atoms with E-state index in [-0.39, 0.29) is 5.56 Å². The van der Waals surface area contributed by atoms with Crippen molar-refractivity contribution in [3.05, 3.63) is 90.2 Å². The van der Waals surface area contributed by atoms with Crippen molar-refractivity contribution in [2.45, 2.75) is 34.5 Å². The molecule has 27 heavy (non-hydrogen) atoms. The first kappa shape index (κ1) is 19.2. The first-order valence-electron chi connectivity index (χ1n) is 9.02. The fourth-order valence-electron chi connectivity index (χ4n) is 2.72. The molecular weight excluding hydrogens is 359 g/mol. The molecule has 0 aliphatic carbocycles. The second-order valence-electron chi connectivity index (χ2n) is 6.04. The third kappa shape index (κ3) is 4.58. The van der Waals surface area contributed by atoms with Crippen LogP contribution in [-0.2, 0) is 15.6 Å². The van der Waals surface area contributed by atoms with Crippen molar-refractivity contribution >= 4 is 16.9 Å². The van der Waals surface area contributed by atoms with Crippen LogP contribution in [0, 0.1) is 5.82 Å². The second kappa shape index (κ2) is 9.38. The van der Waals surface area contributed by atoms with Gasteiger partial charge in [0.2, 0.25) is 4.90 Å². The maximum absolute atomic E-state index is 15.4. The molecule has 0 bridgehead atoms. The molecule has 0 saturated heterocycles. The molecule has 0 unspecified atom stereocenters. The lowest BCUT2D eigenvalue weighted by Gasteiger charge is -2.11. The average molecular weight is 381 g/mol. The van der Waals surface area contributed by atoms with Crippen LogP contribution in [-0.4, -0.2) is 12.6 Å². The van der Waals surface area contributed by atoms with E-state index in [2.05, 4.69) is 0 Å². The summed E-state index contributed by atoms with van der Waals surface area (Å²) in [5.41, 5.74) is -0.00651. The Morgan fingerprint density at radius 3 is 2.04 bits per heavy atom. The Balaban J connectivity index is 2.03. The van der Waals surface area contributed by atoms with Crippen LogP contribution < -0.4 is 0 Å². The summed E-state index contributed by atoms with van der Waals surface area (Å²) in [6, 6.07) is 24.6. The van der Waals surface area contributed by atoms with Crippen LogP contribution in [0.15, 0.2) is 93.5 Å². The van der Waals surface area contributed by atoms with Crippen LogP contribution in [0.5, 0.6) is 0 Å². The van der Waals surface area contributed by atoms with Gasteiger partial charge in [0, 0.05) is 0 Å². The van der Waals surface area contributed by atoms with E-state index in [1.807, 2.05) is 67.6 Å². The van der Waals surface area contributed by atoms with Gasteiger partial charge in [-0.05, 0) is 42.8 Å². The highest BCUT2D eigenvalue weighted by atomic mass is 32.2. The Hall–Kier alpha value is -2.59. The first-order chi connectivity index (χ1) is 13.2. The van der Waals surface area contributed by atoms with Gasteiger partial charge in [0.1, 0.15) is 16.5 Å². The lowest BCUT2D eigenvalue weighted by Crippen LogP contribution is -2.13. The Bertz CT molecular complexity index is 842. The van der Waals surface area contributed by atoms with Gasteiger partial charge in [-0.15, -0.1) is 0 Å². The van der Waals surface area contributed by atoms with Crippen LogP contribution in [0.4, 0.5) is 4.39 Å². The van der Waals surface area contributed by atoms with Gasteiger partial charge in [-0.2, -0.15) is 0 Å². The fraction of sp³-hybridized carbons (Fsp3) is 0.174. The van der Waals surface area contributed by atoms with Crippen molar-refractivity contribution in [3.63, 3.8) is 0 Å². The number of hydrogen-bond acceptors (Lipinski definition) is 2. The number of rotatable bonds is 7. The maximum atomic E-state index is 15.4. The number of carbonyl (C=O) groups is 1. The largest absolute Gasteiger partial charge is 0.462 e. The van der Waals surface area contributed by atoms with Gasteiger partial charge < -0.3 is 4.74 Å². The Morgan fingerprint density at radius 1 is 0.889 bits per heavy atom. The normalized spacial score (nSPS) is 10.8. The van der Waals surface area contributed by atoms with Crippen molar-refractivity contribution < 1.29 is 13.9 Å². The molecule has 0 saturated carbocycles. The smallest absolute Gasteiger partial charge is 0.341 e. The minimum atomic E-state index is -0.643.